The van der Waals surface area contributed by atoms with E-state index in [0.29, 0.717) is 5.82 Å². The van der Waals surface area contributed by atoms with E-state index in [1.807, 2.05) is 54.9 Å². The number of pyridine rings is 2. The minimum absolute atomic E-state index is 0.651. The molecule has 11 aromatic rings. The van der Waals surface area contributed by atoms with Crippen molar-refractivity contribution >= 4 is 21.9 Å². The molecule has 288 valence electrons. The molecule has 0 radical (unpaired) electrons. The lowest BCUT2D eigenvalue weighted by atomic mass is 9.65. The topological polar surface area (TPSA) is 64.7 Å². The van der Waals surface area contributed by atoms with E-state index in [4.69, 9.17) is 19.4 Å². The fourth-order valence-corrected chi connectivity index (χ4v) is 10.2. The van der Waals surface area contributed by atoms with E-state index >= 15 is 0 Å². The van der Waals surface area contributed by atoms with Gasteiger partial charge in [-0.1, -0.05) is 133 Å². The van der Waals surface area contributed by atoms with Crippen molar-refractivity contribution in [2.45, 2.75) is 5.41 Å². The van der Waals surface area contributed by atoms with Crippen LogP contribution in [0.2, 0.25) is 0 Å². The van der Waals surface area contributed by atoms with E-state index < -0.39 is 5.41 Å². The second-order valence-electron chi connectivity index (χ2n) is 16.1. The average Bonchev–Trinajstić information content (AvgIpc) is 3.82. The van der Waals surface area contributed by atoms with Crippen molar-refractivity contribution in [1.29, 1.82) is 0 Å². The van der Waals surface area contributed by atoms with Crippen molar-refractivity contribution in [1.82, 2.24) is 19.9 Å². The molecule has 0 aliphatic heterocycles. The Hall–Kier alpha value is -8.28. The Balaban J connectivity index is 1.10. The largest absolute Gasteiger partial charge is 0.456 e. The van der Waals surface area contributed by atoms with Gasteiger partial charge in [0.2, 0.25) is 0 Å². The van der Waals surface area contributed by atoms with Gasteiger partial charge in [0.05, 0.1) is 22.5 Å². The fourth-order valence-electron chi connectivity index (χ4n) is 10.2. The van der Waals surface area contributed by atoms with Crippen LogP contribution in [0.4, 0.5) is 0 Å². The summed E-state index contributed by atoms with van der Waals surface area (Å²) in [6, 6.07) is 67.2. The average molecular weight is 791 g/mol. The first kappa shape index (κ1) is 34.6. The van der Waals surface area contributed by atoms with Gasteiger partial charge in [0.1, 0.15) is 11.2 Å². The zero-order chi connectivity index (χ0) is 40.8. The second-order valence-corrected chi connectivity index (χ2v) is 16.1. The van der Waals surface area contributed by atoms with Crippen LogP contribution in [0.3, 0.4) is 0 Å². The third-order valence-corrected chi connectivity index (χ3v) is 12.9. The van der Waals surface area contributed by atoms with E-state index in [0.717, 1.165) is 61.3 Å². The normalized spacial score (nSPS) is 14.5. The van der Waals surface area contributed by atoms with E-state index in [-0.39, 0.29) is 0 Å². The van der Waals surface area contributed by atoms with Crippen LogP contribution in [0, 0.1) is 0 Å². The molecule has 2 aliphatic rings. The highest BCUT2D eigenvalue weighted by atomic mass is 16.3. The van der Waals surface area contributed by atoms with Gasteiger partial charge in [0.25, 0.3) is 0 Å². The van der Waals surface area contributed by atoms with Crippen LogP contribution < -0.4 is 0 Å². The lowest BCUT2D eigenvalue weighted by molar-refractivity contribution is 0.666. The SMILES string of the molecule is c1ccc(-c2nc(-c3ccc(-c4cccnc4)nc3)cc(-c3ccc4c(c3)C3(c5ccccc5-c5ccccc5-4)c4ccccc4-c4cc5c(cc43)oc3ccccc35)n2)cc1. The molecule has 62 heavy (non-hydrogen) atoms. The van der Waals surface area contributed by atoms with Crippen molar-refractivity contribution in [3.63, 3.8) is 0 Å². The predicted octanol–water partition coefficient (Wildman–Crippen LogP) is 13.8. The van der Waals surface area contributed by atoms with Crippen LogP contribution in [0.25, 0.3) is 100 Å². The molecule has 1 atom stereocenters. The molecule has 1 unspecified atom stereocenters. The van der Waals surface area contributed by atoms with Crippen molar-refractivity contribution in [2.24, 2.45) is 0 Å². The molecule has 0 bridgehead atoms. The van der Waals surface area contributed by atoms with Crippen molar-refractivity contribution < 1.29 is 4.42 Å². The highest BCUT2D eigenvalue weighted by molar-refractivity contribution is 6.09. The number of para-hydroxylation sites is 1. The summed E-state index contributed by atoms with van der Waals surface area (Å²) in [6.07, 6.45) is 5.51. The Kier molecular flexibility index (Phi) is 7.45. The van der Waals surface area contributed by atoms with Gasteiger partial charge in [-0.2, -0.15) is 0 Å². The Bertz CT molecular complexity index is 3580. The van der Waals surface area contributed by atoms with Crippen LogP contribution in [0.5, 0.6) is 0 Å². The summed E-state index contributed by atoms with van der Waals surface area (Å²) in [6.45, 7) is 0. The highest BCUT2D eigenvalue weighted by Crippen LogP contribution is 2.62. The van der Waals surface area contributed by atoms with E-state index in [1.165, 1.54) is 55.6 Å². The van der Waals surface area contributed by atoms with Gasteiger partial charge in [0, 0.05) is 51.6 Å². The molecule has 4 heterocycles. The number of benzene rings is 7. The van der Waals surface area contributed by atoms with Crippen LogP contribution in [-0.2, 0) is 5.41 Å². The minimum Gasteiger partial charge on any atom is -0.456 e. The van der Waals surface area contributed by atoms with E-state index in [9.17, 15) is 0 Å². The molecular formula is C57H34N4O. The summed E-state index contributed by atoms with van der Waals surface area (Å²) in [4.78, 5) is 19.7. The quantitative estimate of drug-likeness (QED) is 0.178. The first-order chi connectivity index (χ1) is 30.7. The molecular weight excluding hydrogens is 757 g/mol. The van der Waals surface area contributed by atoms with Crippen molar-refractivity contribution in [3.8, 4) is 78.5 Å². The van der Waals surface area contributed by atoms with Gasteiger partial charge in [-0.05, 0) is 110 Å². The van der Waals surface area contributed by atoms with Crippen LogP contribution in [0.15, 0.2) is 211 Å². The number of fused-ring (bicyclic) bond motifs is 15. The summed E-state index contributed by atoms with van der Waals surface area (Å²) in [5, 5.41) is 2.24. The molecule has 0 amide bonds. The molecule has 7 aromatic carbocycles. The van der Waals surface area contributed by atoms with Gasteiger partial charge in [0.15, 0.2) is 5.82 Å². The van der Waals surface area contributed by atoms with Crippen LogP contribution in [0.1, 0.15) is 22.3 Å². The van der Waals surface area contributed by atoms with Gasteiger partial charge in [-0.25, -0.2) is 9.97 Å². The molecule has 5 nitrogen and oxygen atoms in total. The smallest absolute Gasteiger partial charge is 0.160 e. The Labute approximate surface area is 357 Å². The minimum atomic E-state index is -0.704. The zero-order valence-corrected chi connectivity index (χ0v) is 33.3. The Morgan fingerprint density at radius 2 is 0.968 bits per heavy atom. The van der Waals surface area contributed by atoms with Gasteiger partial charge in [-0.3, -0.25) is 9.97 Å². The first-order valence-corrected chi connectivity index (χ1v) is 20.9. The lowest BCUT2D eigenvalue weighted by Crippen LogP contribution is -2.29. The molecule has 0 saturated heterocycles. The number of furan rings is 1. The monoisotopic (exact) mass is 790 g/mol. The standard InChI is InChI=1S/C57H34N4O/c1-2-13-35(14-3-1)56-60-52(32-53(61-56)38-25-27-51(59-34-38)37-15-12-28-58-33-37)36-24-26-43-40-17-5-4-16-39(40)41-18-6-9-21-47(41)57(49(43)29-36)48-22-10-7-19-42(48)45-30-46-44-20-8-11-23-54(44)62-55(46)31-50(45)57/h1-34H. The fraction of sp³-hybridized carbons (Fsp3) is 0.0175. The van der Waals surface area contributed by atoms with Gasteiger partial charge >= 0.3 is 0 Å². The van der Waals surface area contributed by atoms with Crippen LogP contribution in [-0.4, -0.2) is 19.9 Å². The number of rotatable bonds is 4. The number of hydrogen-bond donors (Lipinski definition) is 0. The summed E-state index contributed by atoms with van der Waals surface area (Å²) in [5.74, 6) is 0.651. The van der Waals surface area contributed by atoms with Crippen molar-refractivity contribution in [3.05, 3.63) is 229 Å². The Morgan fingerprint density at radius 3 is 1.71 bits per heavy atom. The number of hydrogen-bond acceptors (Lipinski definition) is 5. The zero-order valence-electron chi connectivity index (χ0n) is 33.3. The van der Waals surface area contributed by atoms with Crippen LogP contribution >= 0.6 is 0 Å². The van der Waals surface area contributed by atoms with Gasteiger partial charge < -0.3 is 4.42 Å². The number of nitrogens with zero attached hydrogens (tertiary/aromatic N) is 4. The van der Waals surface area contributed by atoms with E-state index in [1.54, 1.807) is 6.20 Å². The van der Waals surface area contributed by atoms with E-state index in [2.05, 4.69) is 151 Å². The lowest BCUT2D eigenvalue weighted by Gasteiger charge is -2.35. The maximum absolute atomic E-state index is 6.69. The summed E-state index contributed by atoms with van der Waals surface area (Å²) in [7, 11) is 0. The molecule has 1 spiro atoms. The molecule has 2 aliphatic carbocycles. The van der Waals surface area contributed by atoms with Gasteiger partial charge in [-0.15, -0.1) is 0 Å². The predicted molar refractivity (Wildman–Crippen MR) is 248 cm³/mol. The molecule has 13 rings (SSSR count). The maximum atomic E-state index is 6.69. The number of aromatic nitrogens is 4. The third kappa shape index (κ3) is 5.02. The molecule has 0 saturated carbocycles. The highest BCUT2D eigenvalue weighted by Gasteiger charge is 2.50. The molecule has 0 fully saturated rings. The third-order valence-electron chi connectivity index (χ3n) is 12.9. The Morgan fingerprint density at radius 1 is 0.355 bits per heavy atom. The maximum Gasteiger partial charge on any atom is 0.160 e. The first-order valence-electron chi connectivity index (χ1n) is 20.9. The van der Waals surface area contributed by atoms with Crippen molar-refractivity contribution in [2.75, 3.05) is 0 Å². The summed E-state index contributed by atoms with van der Waals surface area (Å²) < 4.78 is 6.69. The molecule has 4 aromatic heterocycles. The second kappa shape index (κ2) is 13.4. The summed E-state index contributed by atoms with van der Waals surface area (Å²) >= 11 is 0. The summed E-state index contributed by atoms with van der Waals surface area (Å²) in [5.41, 5.74) is 19.5. The molecule has 0 N–H and O–H groups in total. The molecule has 5 heteroatoms.